The molecule has 1 aliphatic rings. The molecule has 0 radical (unpaired) electrons. The fourth-order valence-corrected chi connectivity index (χ4v) is 5.25. The zero-order valence-corrected chi connectivity index (χ0v) is 22.9. The van der Waals surface area contributed by atoms with Crippen LogP contribution in [0.3, 0.4) is 0 Å². The van der Waals surface area contributed by atoms with E-state index in [4.69, 9.17) is 0 Å². The van der Waals surface area contributed by atoms with Gasteiger partial charge < -0.3 is 9.80 Å². The van der Waals surface area contributed by atoms with Gasteiger partial charge in [-0.3, -0.25) is 14.5 Å². The number of benzene rings is 2. The van der Waals surface area contributed by atoms with Crippen LogP contribution in [0.15, 0.2) is 53.9 Å². The van der Waals surface area contributed by atoms with Crippen LogP contribution in [0.5, 0.6) is 0 Å². The Hall–Kier alpha value is -3.10. The lowest BCUT2D eigenvalue weighted by Crippen LogP contribution is -2.50. The Kier molecular flexibility index (Phi) is 8.39. The SMILES string of the molecule is CC(=O)N1CCN(C(=O)c2csc(CN(Cc3ccc(F)cc3)Cc3ccc(C(C)(C)C)cc3)n2)CC1. The molecule has 0 saturated carbocycles. The molecule has 3 aromatic rings. The van der Waals surface area contributed by atoms with E-state index in [0.717, 1.165) is 10.6 Å². The summed E-state index contributed by atoms with van der Waals surface area (Å²) in [7, 11) is 0. The average Bonchev–Trinajstić information content (AvgIpc) is 3.33. The summed E-state index contributed by atoms with van der Waals surface area (Å²) in [6.07, 6.45) is 0. The molecule has 0 spiro atoms. The van der Waals surface area contributed by atoms with Crippen molar-refractivity contribution in [3.63, 3.8) is 0 Å². The van der Waals surface area contributed by atoms with Gasteiger partial charge in [0, 0.05) is 51.6 Å². The third-order valence-electron chi connectivity index (χ3n) is 6.69. The normalized spacial score (nSPS) is 14.3. The lowest BCUT2D eigenvalue weighted by atomic mass is 9.87. The smallest absolute Gasteiger partial charge is 0.273 e. The number of aromatic nitrogens is 1. The number of nitrogens with zero attached hydrogens (tertiary/aromatic N) is 4. The predicted octanol–water partition coefficient (Wildman–Crippen LogP) is 5.09. The van der Waals surface area contributed by atoms with Crippen molar-refractivity contribution in [2.24, 2.45) is 0 Å². The summed E-state index contributed by atoms with van der Waals surface area (Å²) < 4.78 is 13.5. The third-order valence-corrected chi connectivity index (χ3v) is 7.52. The minimum Gasteiger partial charge on any atom is -0.339 e. The molecule has 2 heterocycles. The highest BCUT2D eigenvalue weighted by molar-refractivity contribution is 7.09. The fourth-order valence-electron chi connectivity index (χ4n) is 4.44. The maximum absolute atomic E-state index is 13.5. The minimum absolute atomic E-state index is 0.0392. The minimum atomic E-state index is -0.250. The van der Waals surface area contributed by atoms with Crippen LogP contribution in [0, 0.1) is 5.82 Å². The number of piperazine rings is 1. The monoisotopic (exact) mass is 522 g/mol. The summed E-state index contributed by atoms with van der Waals surface area (Å²) in [5.74, 6) is -0.300. The van der Waals surface area contributed by atoms with E-state index in [1.807, 2.05) is 17.5 Å². The van der Waals surface area contributed by atoms with Crippen LogP contribution >= 0.6 is 11.3 Å². The molecular weight excluding hydrogens is 487 g/mol. The van der Waals surface area contributed by atoms with Crippen LogP contribution in [0.25, 0.3) is 0 Å². The second-order valence-corrected chi connectivity index (χ2v) is 11.6. The Labute approximate surface area is 222 Å². The molecule has 6 nitrogen and oxygen atoms in total. The van der Waals surface area contributed by atoms with Gasteiger partial charge in [0.25, 0.3) is 5.91 Å². The number of carbonyl (C=O) groups excluding carboxylic acids is 2. The van der Waals surface area contributed by atoms with Gasteiger partial charge in [-0.25, -0.2) is 9.37 Å². The highest BCUT2D eigenvalue weighted by atomic mass is 32.1. The number of rotatable bonds is 7. The van der Waals surface area contributed by atoms with E-state index in [0.29, 0.717) is 51.5 Å². The van der Waals surface area contributed by atoms with Gasteiger partial charge >= 0.3 is 0 Å². The van der Waals surface area contributed by atoms with Crippen molar-refractivity contribution in [2.45, 2.75) is 52.7 Å². The molecule has 2 amide bonds. The van der Waals surface area contributed by atoms with Gasteiger partial charge in [-0.2, -0.15) is 0 Å². The molecule has 1 aromatic heterocycles. The van der Waals surface area contributed by atoms with Gasteiger partial charge in [0.15, 0.2) is 0 Å². The summed E-state index contributed by atoms with van der Waals surface area (Å²) in [6, 6.07) is 15.3. The fraction of sp³-hybridized carbons (Fsp3) is 0.414. The molecule has 1 saturated heterocycles. The maximum Gasteiger partial charge on any atom is 0.273 e. The van der Waals surface area contributed by atoms with Crippen molar-refractivity contribution in [3.8, 4) is 0 Å². The first-order valence-corrected chi connectivity index (χ1v) is 13.5. The van der Waals surface area contributed by atoms with Crippen molar-refractivity contribution >= 4 is 23.2 Å². The number of carbonyl (C=O) groups is 2. The number of halogens is 1. The second-order valence-electron chi connectivity index (χ2n) is 10.6. The standard InChI is InChI=1S/C29H35FN4O2S/c1-21(35)33-13-15-34(16-14-33)28(36)26-20-37-27(31-26)19-32(18-23-7-11-25(30)12-8-23)17-22-5-9-24(10-6-22)29(2,3)4/h5-12,20H,13-19H2,1-4H3. The number of amides is 2. The molecule has 0 N–H and O–H groups in total. The Morgan fingerprint density at radius 1 is 0.892 bits per heavy atom. The average molecular weight is 523 g/mol. The third kappa shape index (κ3) is 7.23. The molecule has 0 aliphatic carbocycles. The Bertz CT molecular complexity index is 1210. The first-order chi connectivity index (χ1) is 17.6. The van der Waals surface area contributed by atoms with Crippen LogP contribution in [-0.2, 0) is 29.8 Å². The summed E-state index contributed by atoms with van der Waals surface area (Å²) in [5.41, 5.74) is 4.03. The molecule has 2 aromatic carbocycles. The molecule has 0 bridgehead atoms. The molecule has 196 valence electrons. The van der Waals surface area contributed by atoms with E-state index in [9.17, 15) is 14.0 Å². The predicted molar refractivity (Wildman–Crippen MR) is 145 cm³/mol. The molecule has 8 heteroatoms. The molecular formula is C29H35FN4O2S. The van der Waals surface area contributed by atoms with Crippen molar-refractivity contribution < 1.29 is 14.0 Å². The van der Waals surface area contributed by atoms with Crippen LogP contribution in [0.4, 0.5) is 4.39 Å². The zero-order chi connectivity index (χ0) is 26.6. The van der Waals surface area contributed by atoms with Crippen molar-refractivity contribution in [1.82, 2.24) is 19.7 Å². The zero-order valence-electron chi connectivity index (χ0n) is 22.0. The second kappa shape index (κ2) is 11.5. The number of hydrogen-bond acceptors (Lipinski definition) is 5. The van der Waals surface area contributed by atoms with Gasteiger partial charge in [-0.15, -0.1) is 11.3 Å². The molecule has 1 aliphatic heterocycles. The first kappa shape index (κ1) is 26.9. The van der Waals surface area contributed by atoms with Gasteiger partial charge in [0.05, 0.1) is 6.54 Å². The van der Waals surface area contributed by atoms with E-state index >= 15 is 0 Å². The van der Waals surface area contributed by atoms with Gasteiger partial charge in [-0.1, -0.05) is 57.2 Å². The first-order valence-electron chi connectivity index (χ1n) is 12.6. The van der Waals surface area contributed by atoms with E-state index in [1.54, 1.807) is 16.7 Å². The van der Waals surface area contributed by atoms with E-state index < -0.39 is 0 Å². The van der Waals surface area contributed by atoms with Crippen molar-refractivity contribution in [3.05, 3.63) is 87.1 Å². The van der Waals surface area contributed by atoms with E-state index in [-0.39, 0.29) is 23.0 Å². The molecule has 0 unspecified atom stereocenters. The summed E-state index contributed by atoms with van der Waals surface area (Å²) in [6.45, 7) is 12.2. The van der Waals surface area contributed by atoms with Crippen LogP contribution in [0.2, 0.25) is 0 Å². The summed E-state index contributed by atoms with van der Waals surface area (Å²) in [4.78, 5) is 35.1. The highest BCUT2D eigenvalue weighted by Crippen LogP contribution is 2.24. The van der Waals surface area contributed by atoms with Crippen LogP contribution < -0.4 is 0 Å². The van der Waals surface area contributed by atoms with E-state index in [1.165, 1.54) is 34.6 Å². The Balaban J connectivity index is 1.46. The lowest BCUT2D eigenvalue weighted by Gasteiger charge is -2.33. The van der Waals surface area contributed by atoms with Gasteiger partial charge in [-0.05, 0) is 34.2 Å². The van der Waals surface area contributed by atoms with Crippen molar-refractivity contribution in [2.75, 3.05) is 26.2 Å². The molecule has 4 rings (SSSR count). The topological polar surface area (TPSA) is 56.8 Å². The van der Waals surface area contributed by atoms with Crippen LogP contribution in [0.1, 0.15) is 59.9 Å². The Morgan fingerprint density at radius 3 is 1.97 bits per heavy atom. The number of hydrogen-bond donors (Lipinski definition) is 0. The van der Waals surface area contributed by atoms with Gasteiger partial charge in [0.1, 0.15) is 16.5 Å². The summed E-state index contributed by atoms with van der Waals surface area (Å²) >= 11 is 1.48. The maximum atomic E-state index is 13.5. The molecule has 37 heavy (non-hydrogen) atoms. The Morgan fingerprint density at radius 2 is 1.43 bits per heavy atom. The van der Waals surface area contributed by atoms with Gasteiger partial charge in [0.2, 0.25) is 5.91 Å². The summed E-state index contributed by atoms with van der Waals surface area (Å²) in [5, 5.41) is 2.68. The molecule has 1 fully saturated rings. The quantitative estimate of drug-likeness (QED) is 0.434. The van der Waals surface area contributed by atoms with Crippen LogP contribution in [-0.4, -0.2) is 57.7 Å². The van der Waals surface area contributed by atoms with E-state index in [2.05, 4.69) is 54.9 Å². The number of thiazole rings is 1. The largest absolute Gasteiger partial charge is 0.339 e. The highest BCUT2D eigenvalue weighted by Gasteiger charge is 2.25. The van der Waals surface area contributed by atoms with Crippen molar-refractivity contribution in [1.29, 1.82) is 0 Å². The lowest BCUT2D eigenvalue weighted by molar-refractivity contribution is -0.130. The molecule has 0 atom stereocenters.